The van der Waals surface area contributed by atoms with Crippen LogP contribution in [0.25, 0.3) is 0 Å². The van der Waals surface area contributed by atoms with E-state index in [4.69, 9.17) is 5.11 Å². The molecule has 2 atom stereocenters. The van der Waals surface area contributed by atoms with Gasteiger partial charge in [0.2, 0.25) is 0 Å². The molecule has 0 aromatic rings. The van der Waals surface area contributed by atoms with Gasteiger partial charge >= 0.3 is 5.97 Å². The Morgan fingerprint density at radius 3 is 2.50 bits per heavy atom. The Hall–Kier alpha value is -0.620. The summed E-state index contributed by atoms with van der Waals surface area (Å²) in [6.45, 7) is 0.341. The van der Waals surface area contributed by atoms with Crippen molar-refractivity contribution in [1.82, 2.24) is 5.32 Å². The van der Waals surface area contributed by atoms with Crippen molar-refractivity contribution < 1.29 is 18.3 Å². The first-order valence-electron chi connectivity index (χ1n) is 4.54. The number of hydrogen-bond donors (Lipinski definition) is 2. The number of carboxylic acid groups (broad SMARTS) is 1. The topological polar surface area (TPSA) is 83.5 Å². The van der Waals surface area contributed by atoms with E-state index in [2.05, 4.69) is 5.32 Å². The van der Waals surface area contributed by atoms with Crippen LogP contribution in [0.3, 0.4) is 0 Å². The molecule has 0 aromatic heterocycles. The molecule has 0 saturated heterocycles. The monoisotopic (exact) mass is 221 g/mol. The third-order valence-electron chi connectivity index (χ3n) is 2.47. The first-order chi connectivity index (χ1) is 6.40. The first kappa shape index (κ1) is 11.5. The van der Waals surface area contributed by atoms with Crippen LogP contribution in [-0.2, 0) is 14.6 Å². The molecule has 0 bridgehead atoms. The van der Waals surface area contributed by atoms with Crippen LogP contribution in [0.2, 0.25) is 0 Å². The maximum atomic E-state index is 10.8. The average molecular weight is 221 g/mol. The minimum Gasteiger partial charge on any atom is -0.481 e. The van der Waals surface area contributed by atoms with E-state index in [1.807, 2.05) is 0 Å². The third-order valence-corrected chi connectivity index (χ3v) is 3.42. The van der Waals surface area contributed by atoms with Crippen molar-refractivity contribution >= 4 is 15.8 Å². The highest BCUT2D eigenvalue weighted by atomic mass is 32.2. The number of hydrogen-bond acceptors (Lipinski definition) is 4. The van der Waals surface area contributed by atoms with Gasteiger partial charge in [-0.15, -0.1) is 0 Å². The van der Waals surface area contributed by atoms with Crippen molar-refractivity contribution in [3.63, 3.8) is 0 Å². The molecule has 1 rings (SSSR count). The summed E-state index contributed by atoms with van der Waals surface area (Å²) in [5, 5.41) is 11.7. The zero-order valence-corrected chi connectivity index (χ0v) is 8.88. The second-order valence-corrected chi connectivity index (χ2v) is 5.97. The van der Waals surface area contributed by atoms with Crippen molar-refractivity contribution in [3.8, 4) is 0 Å². The Kier molecular flexibility index (Phi) is 3.49. The maximum Gasteiger partial charge on any atom is 0.308 e. The number of aliphatic carboxylic acids is 1. The van der Waals surface area contributed by atoms with Gasteiger partial charge in [0.15, 0.2) is 0 Å². The maximum absolute atomic E-state index is 10.8. The molecule has 2 N–H and O–H groups in total. The smallest absolute Gasteiger partial charge is 0.308 e. The van der Waals surface area contributed by atoms with E-state index in [0.717, 1.165) is 6.42 Å². The molecule has 1 fully saturated rings. The minimum absolute atomic E-state index is 0.0470. The van der Waals surface area contributed by atoms with Crippen molar-refractivity contribution in [2.75, 3.05) is 18.6 Å². The Bertz CT molecular complexity index is 311. The lowest BCUT2D eigenvalue weighted by Crippen LogP contribution is -2.48. The lowest BCUT2D eigenvalue weighted by atomic mass is 9.80. The second-order valence-electron chi connectivity index (χ2n) is 3.71. The van der Waals surface area contributed by atoms with Crippen molar-refractivity contribution in [1.29, 1.82) is 0 Å². The Labute approximate surface area is 83.4 Å². The van der Waals surface area contributed by atoms with Gasteiger partial charge in [-0.25, -0.2) is 8.42 Å². The molecule has 5 nitrogen and oxygen atoms in total. The van der Waals surface area contributed by atoms with Gasteiger partial charge in [-0.3, -0.25) is 4.79 Å². The van der Waals surface area contributed by atoms with Gasteiger partial charge in [-0.05, 0) is 12.8 Å². The number of rotatable bonds is 5. The largest absolute Gasteiger partial charge is 0.481 e. The predicted molar refractivity (Wildman–Crippen MR) is 51.9 cm³/mol. The predicted octanol–water partition coefficient (Wildman–Crippen LogP) is -0.516. The highest BCUT2D eigenvalue weighted by Crippen LogP contribution is 2.27. The quantitative estimate of drug-likeness (QED) is 0.653. The van der Waals surface area contributed by atoms with Gasteiger partial charge in [0.05, 0.1) is 11.7 Å². The van der Waals surface area contributed by atoms with Gasteiger partial charge in [-0.2, -0.15) is 0 Å². The molecule has 14 heavy (non-hydrogen) atoms. The molecular weight excluding hydrogens is 206 g/mol. The standard InChI is InChI=1S/C8H15NO4S/c1-14(12,13)5-4-9-7-3-2-6(7)8(10)11/h6-7,9H,2-5H2,1H3,(H,10,11). The van der Waals surface area contributed by atoms with Crippen molar-refractivity contribution in [2.45, 2.75) is 18.9 Å². The third kappa shape index (κ3) is 3.26. The number of nitrogens with one attached hydrogen (secondary N) is 1. The summed E-state index contributed by atoms with van der Waals surface area (Å²) in [5.74, 6) is -1.07. The van der Waals surface area contributed by atoms with Crippen LogP contribution < -0.4 is 5.32 Å². The summed E-state index contributed by atoms with van der Waals surface area (Å²) >= 11 is 0. The Balaban J connectivity index is 2.23. The highest BCUT2D eigenvalue weighted by molar-refractivity contribution is 7.90. The fourth-order valence-corrected chi connectivity index (χ4v) is 1.96. The van der Waals surface area contributed by atoms with E-state index < -0.39 is 15.8 Å². The van der Waals surface area contributed by atoms with Gasteiger partial charge in [0.1, 0.15) is 9.84 Å². The van der Waals surface area contributed by atoms with E-state index in [9.17, 15) is 13.2 Å². The van der Waals surface area contributed by atoms with Gasteiger partial charge in [0.25, 0.3) is 0 Å². The van der Waals surface area contributed by atoms with Crippen LogP contribution in [0.1, 0.15) is 12.8 Å². The molecule has 0 heterocycles. The normalized spacial score (nSPS) is 26.9. The molecule has 0 aromatic carbocycles. The molecule has 0 aliphatic heterocycles. The van der Waals surface area contributed by atoms with Gasteiger partial charge in [-0.1, -0.05) is 0 Å². The van der Waals surface area contributed by atoms with Crippen LogP contribution in [-0.4, -0.2) is 44.1 Å². The zero-order chi connectivity index (χ0) is 10.8. The average Bonchev–Trinajstić information content (AvgIpc) is 1.92. The summed E-state index contributed by atoms with van der Waals surface area (Å²) in [6.07, 6.45) is 2.68. The summed E-state index contributed by atoms with van der Waals surface area (Å²) in [5.41, 5.74) is 0. The number of sulfone groups is 1. The fraction of sp³-hybridized carbons (Fsp3) is 0.875. The van der Waals surface area contributed by atoms with Crippen LogP contribution in [0.4, 0.5) is 0 Å². The van der Waals surface area contributed by atoms with E-state index in [0.29, 0.717) is 13.0 Å². The molecule has 0 radical (unpaired) electrons. The lowest BCUT2D eigenvalue weighted by Gasteiger charge is -2.34. The van der Waals surface area contributed by atoms with Crippen LogP contribution in [0.15, 0.2) is 0 Å². The SMILES string of the molecule is CS(=O)(=O)CCNC1CCC1C(=O)O. The molecule has 0 spiro atoms. The Morgan fingerprint density at radius 2 is 2.14 bits per heavy atom. The molecule has 82 valence electrons. The summed E-state index contributed by atoms with van der Waals surface area (Å²) in [4.78, 5) is 10.6. The fourth-order valence-electron chi connectivity index (χ4n) is 1.47. The molecule has 1 aliphatic rings. The molecular formula is C8H15NO4S. The number of carboxylic acids is 1. The molecule has 1 aliphatic carbocycles. The van der Waals surface area contributed by atoms with E-state index >= 15 is 0 Å². The Morgan fingerprint density at radius 1 is 1.50 bits per heavy atom. The lowest BCUT2D eigenvalue weighted by molar-refractivity contribution is -0.145. The zero-order valence-electron chi connectivity index (χ0n) is 8.06. The van der Waals surface area contributed by atoms with Crippen molar-refractivity contribution in [3.05, 3.63) is 0 Å². The second kappa shape index (κ2) is 4.27. The van der Waals surface area contributed by atoms with E-state index in [1.54, 1.807) is 0 Å². The number of carbonyl (C=O) groups is 1. The molecule has 2 unspecified atom stereocenters. The summed E-state index contributed by atoms with van der Waals surface area (Å²) in [7, 11) is -2.95. The molecule has 1 saturated carbocycles. The van der Waals surface area contributed by atoms with Crippen LogP contribution in [0.5, 0.6) is 0 Å². The first-order valence-corrected chi connectivity index (χ1v) is 6.60. The summed E-state index contributed by atoms with van der Waals surface area (Å²) in [6, 6.07) is -0.0470. The van der Waals surface area contributed by atoms with Crippen molar-refractivity contribution in [2.24, 2.45) is 5.92 Å². The van der Waals surface area contributed by atoms with E-state index in [-0.39, 0.29) is 17.7 Å². The minimum atomic E-state index is -2.95. The van der Waals surface area contributed by atoms with Gasteiger partial charge < -0.3 is 10.4 Å². The van der Waals surface area contributed by atoms with Crippen LogP contribution >= 0.6 is 0 Å². The van der Waals surface area contributed by atoms with Crippen LogP contribution in [0, 0.1) is 5.92 Å². The highest BCUT2D eigenvalue weighted by Gasteiger charge is 2.35. The summed E-state index contributed by atoms with van der Waals surface area (Å²) < 4.78 is 21.6. The molecule has 6 heteroatoms. The van der Waals surface area contributed by atoms with E-state index in [1.165, 1.54) is 6.26 Å². The van der Waals surface area contributed by atoms with Gasteiger partial charge in [0, 0.05) is 18.8 Å². The molecule has 0 amide bonds.